The number of nitrogens with one attached hydrogen (secondary N) is 2. The van der Waals surface area contributed by atoms with E-state index in [0.29, 0.717) is 0 Å². The third kappa shape index (κ3) is 5.42. The Balaban J connectivity index is 1.88. The number of hydrogen-bond acceptors (Lipinski definition) is 2. The molecular formula is C17H15BrN2OS. The average Bonchev–Trinajstić information content (AvgIpc) is 2.47. The predicted octanol–water partition coefficient (Wildman–Crippen LogP) is 4.28. The minimum Gasteiger partial charge on any atom is -0.332 e. The Morgan fingerprint density at radius 2 is 1.91 bits per heavy atom. The summed E-state index contributed by atoms with van der Waals surface area (Å²) in [6.45, 7) is 2.01. The summed E-state index contributed by atoms with van der Waals surface area (Å²) in [5, 5.41) is 5.83. The Hall–Kier alpha value is -1.98. The first-order valence-corrected chi connectivity index (χ1v) is 7.85. The smallest absolute Gasteiger partial charge is 0.250 e. The molecule has 2 N–H and O–H groups in total. The number of aryl methyl sites for hydroxylation is 1. The quantitative estimate of drug-likeness (QED) is 0.621. The minimum atomic E-state index is -0.267. The van der Waals surface area contributed by atoms with Crippen molar-refractivity contribution in [2.75, 3.05) is 5.32 Å². The molecule has 0 saturated carbocycles. The molecule has 0 aliphatic heterocycles. The third-order valence-corrected chi connectivity index (χ3v) is 3.54. The molecule has 2 aromatic rings. The molecule has 2 rings (SSSR count). The molecule has 112 valence electrons. The Kier molecular flexibility index (Phi) is 5.86. The van der Waals surface area contributed by atoms with Crippen LogP contribution < -0.4 is 10.6 Å². The van der Waals surface area contributed by atoms with Crippen LogP contribution in [-0.4, -0.2) is 11.0 Å². The summed E-state index contributed by atoms with van der Waals surface area (Å²) in [6.07, 6.45) is 3.22. The van der Waals surface area contributed by atoms with Crippen molar-refractivity contribution in [3.8, 4) is 0 Å². The van der Waals surface area contributed by atoms with E-state index in [1.807, 2.05) is 55.5 Å². The second kappa shape index (κ2) is 7.87. The van der Waals surface area contributed by atoms with Gasteiger partial charge in [-0.05, 0) is 55.0 Å². The number of carbonyl (C=O) groups is 1. The summed E-state index contributed by atoms with van der Waals surface area (Å²) >= 11 is 8.47. The number of anilines is 1. The van der Waals surface area contributed by atoms with E-state index in [1.54, 1.807) is 6.08 Å². The van der Waals surface area contributed by atoms with Gasteiger partial charge in [0.25, 0.3) is 0 Å². The van der Waals surface area contributed by atoms with E-state index in [1.165, 1.54) is 6.08 Å². The van der Waals surface area contributed by atoms with Gasteiger partial charge in [-0.1, -0.05) is 45.8 Å². The van der Waals surface area contributed by atoms with E-state index in [2.05, 4.69) is 26.6 Å². The molecule has 0 aliphatic carbocycles. The zero-order valence-electron chi connectivity index (χ0n) is 12.0. The normalized spacial score (nSPS) is 10.5. The van der Waals surface area contributed by atoms with Gasteiger partial charge in [-0.2, -0.15) is 0 Å². The lowest BCUT2D eigenvalue weighted by molar-refractivity contribution is -0.115. The number of rotatable bonds is 3. The molecule has 1 amide bonds. The molecule has 0 atom stereocenters. The first-order chi connectivity index (χ1) is 10.5. The van der Waals surface area contributed by atoms with Crippen LogP contribution in [0.5, 0.6) is 0 Å². The van der Waals surface area contributed by atoms with Crippen LogP contribution in [0.4, 0.5) is 5.69 Å². The van der Waals surface area contributed by atoms with Gasteiger partial charge in [0.15, 0.2) is 5.11 Å². The van der Waals surface area contributed by atoms with Gasteiger partial charge < -0.3 is 5.32 Å². The lowest BCUT2D eigenvalue weighted by Crippen LogP contribution is -2.32. The average molecular weight is 375 g/mol. The van der Waals surface area contributed by atoms with Crippen LogP contribution in [0.2, 0.25) is 0 Å². The van der Waals surface area contributed by atoms with Gasteiger partial charge in [-0.25, -0.2) is 0 Å². The lowest BCUT2D eigenvalue weighted by atomic mass is 10.1. The third-order valence-electron chi connectivity index (χ3n) is 2.81. The van der Waals surface area contributed by atoms with E-state index in [-0.39, 0.29) is 11.0 Å². The number of halogens is 1. The van der Waals surface area contributed by atoms with Gasteiger partial charge in [-0.15, -0.1) is 0 Å². The molecule has 3 nitrogen and oxygen atoms in total. The Morgan fingerprint density at radius 1 is 1.18 bits per heavy atom. The maximum atomic E-state index is 11.8. The van der Waals surface area contributed by atoms with Crippen LogP contribution in [0.15, 0.2) is 59.1 Å². The molecule has 0 fully saturated rings. The Labute approximate surface area is 143 Å². The van der Waals surface area contributed by atoms with Crippen molar-refractivity contribution in [1.29, 1.82) is 0 Å². The molecule has 22 heavy (non-hydrogen) atoms. The van der Waals surface area contributed by atoms with Crippen molar-refractivity contribution in [2.24, 2.45) is 0 Å². The van der Waals surface area contributed by atoms with Crippen LogP contribution in [0.3, 0.4) is 0 Å². The second-order valence-electron chi connectivity index (χ2n) is 4.70. The number of benzene rings is 2. The molecule has 0 unspecified atom stereocenters. The number of carbonyl (C=O) groups excluding carboxylic acids is 1. The van der Waals surface area contributed by atoms with Gasteiger partial charge in [0, 0.05) is 16.2 Å². The van der Waals surface area contributed by atoms with E-state index in [4.69, 9.17) is 12.2 Å². The molecular weight excluding hydrogens is 360 g/mol. The van der Waals surface area contributed by atoms with Crippen molar-refractivity contribution in [1.82, 2.24) is 5.32 Å². The predicted molar refractivity (Wildman–Crippen MR) is 98.7 cm³/mol. The molecule has 0 saturated heterocycles. The summed E-state index contributed by atoms with van der Waals surface area (Å²) in [7, 11) is 0. The van der Waals surface area contributed by atoms with Crippen molar-refractivity contribution in [3.63, 3.8) is 0 Å². The largest absolute Gasteiger partial charge is 0.332 e. The highest BCUT2D eigenvalue weighted by Gasteiger charge is 2.01. The lowest BCUT2D eigenvalue weighted by Gasteiger charge is -2.08. The van der Waals surface area contributed by atoms with E-state index < -0.39 is 0 Å². The highest BCUT2D eigenvalue weighted by Crippen LogP contribution is 2.13. The van der Waals surface area contributed by atoms with E-state index in [9.17, 15) is 4.79 Å². The van der Waals surface area contributed by atoms with Crippen LogP contribution in [0.25, 0.3) is 6.08 Å². The fourth-order valence-corrected chi connectivity index (χ4v) is 2.28. The molecule has 5 heteroatoms. The maximum Gasteiger partial charge on any atom is 0.250 e. The Bertz CT molecular complexity index is 711. The number of thiocarbonyl (C=S) groups is 1. The molecule has 0 aliphatic rings. The van der Waals surface area contributed by atoms with Gasteiger partial charge in [0.1, 0.15) is 0 Å². The fourth-order valence-electron chi connectivity index (χ4n) is 1.79. The van der Waals surface area contributed by atoms with Crippen molar-refractivity contribution >= 4 is 50.9 Å². The maximum absolute atomic E-state index is 11.8. The van der Waals surface area contributed by atoms with Crippen LogP contribution >= 0.6 is 28.1 Å². The van der Waals surface area contributed by atoms with Crippen LogP contribution in [0.1, 0.15) is 11.1 Å². The first kappa shape index (κ1) is 16.4. The summed E-state index contributed by atoms with van der Waals surface area (Å²) in [6, 6.07) is 15.4. The molecule has 2 aromatic carbocycles. The monoisotopic (exact) mass is 374 g/mol. The van der Waals surface area contributed by atoms with Gasteiger partial charge in [0.05, 0.1) is 0 Å². The summed E-state index contributed by atoms with van der Waals surface area (Å²) in [4.78, 5) is 11.8. The molecule has 0 heterocycles. The van der Waals surface area contributed by atoms with Gasteiger partial charge >= 0.3 is 0 Å². The summed E-state index contributed by atoms with van der Waals surface area (Å²) in [5.41, 5.74) is 2.94. The van der Waals surface area contributed by atoms with E-state index >= 15 is 0 Å². The standard InChI is InChI=1S/C17H15BrN2OS/c1-12-3-2-4-13(11-12)5-10-16(21)20-17(22)19-15-8-6-14(18)7-9-15/h2-11H,1H3,(H2,19,20,21,22)/b10-5+. The topological polar surface area (TPSA) is 41.1 Å². The first-order valence-electron chi connectivity index (χ1n) is 6.65. The zero-order valence-corrected chi connectivity index (χ0v) is 14.4. The summed E-state index contributed by atoms with van der Waals surface area (Å²) < 4.78 is 0.981. The number of amides is 1. The minimum absolute atomic E-state index is 0.265. The summed E-state index contributed by atoms with van der Waals surface area (Å²) in [5.74, 6) is -0.267. The Morgan fingerprint density at radius 3 is 2.59 bits per heavy atom. The van der Waals surface area contributed by atoms with Crippen LogP contribution in [-0.2, 0) is 4.79 Å². The fraction of sp³-hybridized carbons (Fsp3) is 0.0588. The highest BCUT2D eigenvalue weighted by atomic mass is 79.9. The van der Waals surface area contributed by atoms with Gasteiger partial charge in [0.2, 0.25) is 5.91 Å². The van der Waals surface area contributed by atoms with Crippen LogP contribution in [0, 0.1) is 6.92 Å². The van der Waals surface area contributed by atoms with Crippen molar-refractivity contribution in [3.05, 3.63) is 70.2 Å². The van der Waals surface area contributed by atoms with Crippen molar-refractivity contribution < 1.29 is 4.79 Å². The van der Waals surface area contributed by atoms with Gasteiger partial charge in [-0.3, -0.25) is 10.1 Å². The zero-order chi connectivity index (χ0) is 15.9. The highest BCUT2D eigenvalue weighted by molar-refractivity contribution is 9.10. The second-order valence-corrected chi connectivity index (χ2v) is 6.02. The van der Waals surface area contributed by atoms with Crippen molar-refractivity contribution in [2.45, 2.75) is 6.92 Å². The SMILES string of the molecule is Cc1cccc(/C=C/C(=O)NC(=S)Nc2ccc(Br)cc2)c1. The van der Waals surface area contributed by atoms with E-state index in [0.717, 1.165) is 21.3 Å². The molecule has 0 bridgehead atoms. The molecule has 0 radical (unpaired) electrons. The number of hydrogen-bond donors (Lipinski definition) is 2. The molecule has 0 aromatic heterocycles. The molecule has 0 spiro atoms.